The van der Waals surface area contributed by atoms with Crippen LogP contribution in [0.15, 0.2) is 53.0 Å². The van der Waals surface area contributed by atoms with Crippen molar-refractivity contribution in [3.05, 3.63) is 58.6 Å². The molecule has 2 rings (SSSR count). The van der Waals surface area contributed by atoms with Crippen molar-refractivity contribution in [2.75, 3.05) is 10.6 Å². The molecule has 2 N–H and O–H groups in total. The van der Waals surface area contributed by atoms with Crippen LogP contribution in [-0.2, 0) is 4.79 Å². The van der Waals surface area contributed by atoms with Gasteiger partial charge in [-0.05, 0) is 49.7 Å². The second-order valence-corrected chi connectivity index (χ2v) is 5.65. The first-order valence-corrected chi connectivity index (χ1v) is 7.23. The number of hydrogen-bond donors (Lipinski definition) is 2. The minimum Gasteiger partial charge on any atom is -0.374 e. The predicted molar refractivity (Wildman–Crippen MR) is 87.0 cm³/mol. The Hall–Kier alpha value is -1.81. The smallest absolute Gasteiger partial charge is 0.246 e. The third kappa shape index (κ3) is 4.10. The van der Waals surface area contributed by atoms with E-state index < -0.39 is 0 Å². The highest BCUT2D eigenvalue weighted by Gasteiger charge is 2.12. The molecule has 0 fully saturated rings. The van der Waals surface area contributed by atoms with E-state index >= 15 is 0 Å². The minimum atomic E-state index is -0.315. The molecule has 1 amide bonds. The van der Waals surface area contributed by atoms with Crippen molar-refractivity contribution in [3.63, 3.8) is 0 Å². The molecule has 2 aromatic rings. The zero-order chi connectivity index (χ0) is 14.5. The van der Waals surface area contributed by atoms with E-state index in [0.717, 1.165) is 21.4 Å². The zero-order valence-electron chi connectivity index (χ0n) is 11.5. The summed E-state index contributed by atoms with van der Waals surface area (Å²) in [5.74, 6) is -0.0597. The Kier molecular flexibility index (Phi) is 4.79. The largest absolute Gasteiger partial charge is 0.374 e. The molecular weight excluding hydrogens is 316 g/mol. The van der Waals surface area contributed by atoms with Crippen LogP contribution in [0.4, 0.5) is 11.4 Å². The summed E-state index contributed by atoms with van der Waals surface area (Å²) in [7, 11) is 0. The molecule has 0 spiro atoms. The summed E-state index contributed by atoms with van der Waals surface area (Å²) in [6, 6.07) is 15.2. The van der Waals surface area contributed by atoms with Crippen molar-refractivity contribution in [1.29, 1.82) is 0 Å². The van der Waals surface area contributed by atoms with Crippen molar-refractivity contribution in [3.8, 4) is 0 Å². The molecule has 0 saturated carbocycles. The summed E-state index contributed by atoms with van der Waals surface area (Å²) < 4.78 is 0.980. The van der Waals surface area contributed by atoms with E-state index in [1.807, 2.05) is 62.4 Å². The van der Waals surface area contributed by atoms with E-state index in [-0.39, 0.29) is 11.9 Å². The van der Waals surface area contributed by atoms with Crippen molar-refractivity contribution in [2.24, 2.45) is 0 Å². The fourth-order valence-corrected chi connectivity index (χ4v) is 2.27. The molecule has 0 aliphatic rings. The van der Waals surface area contributed by atoms with Crippen LogP contribution < -0.4 is 10.6 Å². The van der Waals surface area contributed by atoms with Gasteiger partial charge in [0.05, 0.1) is 0 Å². The Labute approximate surface area is 127 Å². The molecule has 0 saturated heterocycles. The number of halogens is 1. The van der Waals surface area contributed by atoms with Crippen LogP contribution in [0.5, 0.6) is 0 Å². The Morgan fingerprint density at radius 2 is 1.80 bits per heavy atom. The van der Waals surface area contributed by atoms with Gasteiger partial charge in [-0.3, -0.25) is 4.79 Å². The molecule has 0 aliphatic heterocycles. The summed E-state index contributed by atoms with van der Waals surface area (Å²) in [6.07, 6.45) is 0. The van der Waals surface area contributed by atoms with Gasteiger partial charge in [0.2, 0.25) is 5.91 Å². The van der Waals surface area contributed by atoms with Gasteiger partial charge in [0.15, 0.2) is 0 Å². The first-order valence-electron chi connectivity index (χ1n) is 6.44. The molecule has 1 atom stereocenters. The van der Waals surface area contributed by atoms with Crippen LogP contribution in [-0.4, -0.2) is 11.9 Å². The monoisotopic (exact) mass is 332 g/mol. The third-order valence-electron chi connectivity index (χ3n) is 2.89. The molecule has 3 nitrogen and oxygen atoms in total. The maximum Gasteiger partial charge on any atom is 0.246 e. The standard InChI is InChI=1S/C16H17BrN2O/c1-11-5-3-7-14(9-11)19-16(20)12(2)18-15-8-4-6-13(17)10-15/h3-10,12,18H,1-2H3,(H,19,20). The fourth-order valence-electron chi connectivity index (χ4n) is 1.87. The van der Waals surface area contributed by atoms with Gasteiger partial charge in [0.25, 0.3) is 0 Å². The summed E-state index contributed by atoms with van der Waals surface area (Å²) >= 11 is 3.41. The van der Waals surface area contributed by atoms with Gasteiger partial charge in [-0.15, -0.1) is 0 Å². The quantitative estimate of drug-likeness (QED) is 0.881. The number of nitrogens with one attached hydrogen (secondary N) is 2. The summed E-state index contributed by atoms with van der Waals surface area (Å²) in [5, 5.41) is 6.08. The van der Waals surface area contributed by atoms with Crippen LogP contribution in [0.3, 0.4) is 0 Å². The van der Waals surface area contributed by atoms with Crippen molar-refractivity contribution in [2.45, 2.75) is 19.9 Å². The number of benzene rings is 2. The molecule has 0 heterocycles. The predicted octanol–water partition coefficient (Wildman–Crippen LogP) is 4.20. The lowest BCUT2D eigenvalue weighted by molar-refractivity contribution is -0.116. The highest BCUT2D eigenvalue weighted by molar-refractivity contribution is 9.10. The molecule has 104 valence electrons. The molecule has 4 heteroatoms. The van der Waals surface area contributed by atoms with E-state index in [9.17, 15) is 4.79 Å². The first kappa shape index (κ1) is 14.6. The molecule has 0 bridgehead atoms. The van der Waals surface area contributed by atoms with Crippen molar-refractivity contribution >= 4 is 33.2 Å². The number of carbonyl (C=O) groups is 1. The van der Waals surface area contributed by atoms with Crippen LogP contribution in [0.2, 0.25) is 0 Å². The Morgan fingerprint density at radius 3 is 2.50 bits per heavy atom. The summed E-state index contributed by atoms with van der Waals surface area (Å²) in [5.41, 5.74) is 2.85. The number of carbonyl (C=O) groups excluding carboxylic acids is 1. The Balaban J connectivity index is 1.98. The van der Waals surface area contributed by atoms with E-state index in [0.29, 0.717) is 0 Å². The maximum absolute atomic E-state index is 12.1. The molecule has 2 aromatic carbocycles. The normalized spacial score (nSPS) is 11.8. The van der Waals surface area contributed by atoms with Crippen molar-refractivity contribution in [1.82, 2.24) is 0 Å². The second-order valence-electron chi connectivity index (χ2n) is 4.74. The maximum atomic E-state index is 12.1. The van der Waals surface area contributed by atoms with Gasteiger partial charge in [0, 0.05) is 15.8 Å². The number of anilines is 2. The SMILES string of the molecule is Cc1cccc(NC(=O)C(C)Nc2cccc(Br)c2)c1. The number of aryl methyl sites for hydroxylation is 1. The Morgan fingerprint density at radius 1 is 1.10 bits per heavy atom. The van der Waals surface area contributed by atoms with E-state index in [4.69, 9.17) is 0 Å². The molecule has 20 heavy (non-hydrogen) atoms. The lowest BCUT2D eigenvalue weighted by atomic mass is 10.2. The van der Waals surface area contributed by atoms with E-state index in [1.54, 1.807) is 0 Å². The highest BCUT2D eigenvalue weighted by Crippen LogP contribution is 2.17. The lowest BCUT2D eigenvalue weighted by Crippen LogP contribution is -2.31. The van der Waals surface area contributed by atoms with E-state index in [1.165, 1.54) is 0 Å². The molecule has 1 unspecified atom stereocenters. The van der Waals surface area contributed by atoms with Crippen molar-refractivity contribution < 1.29 is 4.79 Å². The summed E-state index contributed by atoms with van der Waals surface area (Å²) in [6.45, 7) is 3.84. The van der Waals surface area contributed by atoms with Gasteiger partial charge in [-0.2, -0.15) is 0 Å². The molecule has 0 radical (unpaired) electrons. The van der Waals surface area contributed by atoms with Crippen LogP contribution in [0.25, 0.3) is 0 Å². The van der Waals surface area contributed by atoms with Crippen LogP contribution >= 0.6 is 15.9 Å². The van der Waals surface area contributed by atoms with Gasteiger partial charge < -0.3 is 10.6 Å². The van der Waals surface area contributed by atoms with Crippen LogP contribution in [0.1, 0.15) is 12.5 Å². The second kappa shape index (κ2) is 6.57. The third-order valence-corrected chi connectivity index (χ3v) is 3.38. The molecular formula is C16H17BrN2O. The van der Waals surface area contributed by atoms with Gasteiger partial charge in [0.1, 0.15) is 6.04 Å². The average Bonchev–Trinajstić information content (AvgIpc) is 2.38. The van der Waals surface area contributed by atoms with Gasteiger partial charge in [-0.1, -0.05) is 34.1 Å². The minimum absolute atomic E-state index is 0.0597. The van der Waals surface area contributed by atoms with Gasteiger partial charge in [-0.25, -0.2) is 0 Å². The first-order chi connectivity index (χ1) is 9.54. The number of amides is 1. The fraction of sp³-hybridized carbons (Fsp3) is 0.188. The number of hydrogen-bond acceptors (Lipinski definition) is 2. The van der Waals surface area contributed by atoms with Crippen LogP contribution in [0, 0.1) is 6.92 Å². The summed E-state index contributed by atoms with van der Waals surface area (Å²) in [4.78, 5) is 12.1. The van der Waals surface area contributed by atoms with E-state index in [2.05, 4.69) is 26.6 Å². The number of rotatable bonds is 4. The highest BCUT2D eigenvalue weighted by atomic mass is 79.9. The average molecular weight is 333 g/mol. The zero-order valence-corrected chi connectivity index (χ0v) is 13.1. The molecule has 0 aromatic heterocycles. The van der Waals surface area contributed by atoms with Gasteiger partial charge >= 0.3 is 0 Å². The topological polar surface area (TPSA) is 41.1 Å². The molecule has 0 aliphatic carbocycles. The Bertz CT molecular complexity index is 613. The lowest BCUT2D eigenvalue weighted by Gasteiger charge is -2.15.